The van der Waals surface area contributed by atoms with Crippen LogP contribution in [-0.2, 0) is 4.79 Å². The molecule has 0 heterocycles. The van der Waals surface area contributed by atoms with Crippen LogP contribution in [-0.4, -0.2) is 11.7 Å². The standard InChI is InChI=1S/C18H20ClNOS/c1-12-9-13(2)18(16(19)10-12)20-17(21)11-22-14(3)15-7-5-4-6-8-15/h4-10,14H,11H2,1-3H3,(H,20,21). The van der Waals surface area contributed by atoms with Gasteiger partial charge in [0.15, 0.2) is 0 Å². The highest BCUT2D eigenvalue weighted by Gasteiger charge is 2.12. The van der Waals surface area contributed by atoms with Gasteiger partial charge in [0.25, 0.3) is 0 Å². The first-order chi connectivity index (χ1) is 10.5. The van der Waals surface area contributed by atoms with Crippen LogP contribution >= 0.6 is 23.4 Å². The molecule has 2 rings (SSSR count). The molecule has 1 N–H and O–H groups in total. The molecule has 2 aromatic carbocycles. The summed E-state index contributed by atoms with van der Waals surface area (Å²) in [6.07, 6.45) is 0. The molecule has 22 heavy (non-hydrogen) atoms. The minimum absolute atomic E-state index is 0.0263. The predicted molar refractivity (Wildman–Crippen MR) is 96.9 cm³/mol. The lowest BCUT2D eigenvalue weighted by Gasteiger charge is -2.14. The van der Waals surface area contributed by atoms with Crippen LogP contribution in [0, 0.1) is 13.8 Å². The molecule has 0 saturated carbocycles. The number of carbonyl (C=O) groups excluding carboxylic acids is 1. The molecule has 0 radical (unpaired) electrons. The van der Waals surface area contributed by atoms with Crippen molar-refractivity contribution in [1.82, 2.24) is 0 Å². The molecule has 1 unspecified atom stereocenters. The number of carbonyl (C=O) groups is 1. The Hall–Kier alpha value is -1.45. The van der Waals surface area contributed by atoms with Gasteiger partial charge in [0.2, 0.25) is 5.91 Å². The number of hydrogen-bond donors (Lipinski definition) is 1. The number of rotatable bonds is 5. The second-order valence-electron chi connectivity index (χ2n) is 5.35. The van der Waals surface area contributed by atoms with Crippen LogP contribution in [0.25, 0.3) is 0 Å². The molecule has 0 fully saturated rings. The topological polar surface area (TPSA) is 29.1 Å². The van der Waals surface area contributed by atoms with Gasteiger partial charge < -0.3 is 5.32 Å². The van der Waals surface area contributed by atoms with Crippen molar-refractivity contribution in [2.24, 2.45) is 0 Å². The van der Waals surface area contributed by atoms with Gasteiger partial charge in [-0.1, -0.05) is 48.0 Å². The molecule has 0 spiro atoms. The van der Waals surface area contributed by atoms with Crippen molar-refractivity contribution in [1.29, 1.82) is 0 Å². The minimum Gasteiger partial charge on any atom is -0.324 e. The van der Waals surface area contributed by atoms with Crippen LogP contribution in [0.4, 0.5) is 5.69 Å². The Morgan fingerprint density at radius 2 is 1.91 bits per heavy atom. The highest BCUT2D eigenvalue weighted by Crippen LogP contribution is 2.30. The summed E-state index contributed by atoms with van der Waals surface area (Å²) in [6.45, 7) is 6.05. The van der Waals surface area contributed by atoms with E-state index < -0.39 is 0 Å². The van der Waals surface area contributed by atoms with Gasteiger partial charge in [-0.25, -0.2) is 0 Å². The molecule has 1 atom stereocenters. The van der Waals surface area contributed by atoms with E-state index in [1.165, 1.54) is 5.56 Å². The lowest BCUT2D eigenvalue weighted by atomic mass is 10.1. The van der Waals surface area contributed by atoms with E-state index in [4.69, 9.17) is 11.6 Å². The lowest BCUT2D eigenvalue weighted by Crippen LogP contribution is -2.16. The van der Waals surface area contributed by atoms with Gasteiger partial charge in [0, 0.05) is 5.25 Å². The van der Waals surface area contributed by atoms with Gasteiger partial charge in [0.1, 0.15) is 0 Å². The third-order valence-corrected chi connectivity index (χ3v) is 4.93. The normalized spacial score (nSPS) is 12.0. The van der Waals surface area contributed by atoms with Gasteiger partial charge in [-0.15, -0.1) is 11.8 Å². The quantitative estimate of drug-likeness (QED) is 0.794. The fourth-order valence-electron chi connectivity index (χ4n) is 2.27. The summed E-state index contributed by atoms with van der Waals surface area (Å²) in [7, 11) is 0. The van der Waals surface area contributed by atoms with Crippen LogP contribution in [0.15, 0.2) is 42.5 Å². The zero-order valence-electron chi connectivity index (χ0n) is 13.0. The number of halogens is 1. The monoisotopic (exact) mass is 333 g/mol. The van der Waals surface area contributed by atoms with Crippen molar-refractivity contribution in [3.05, 3.63) is 64.2 Å². The summed E-state index contributed by atoms with van der Waals surface area (Å²) in [5.74, 6) is 0.376. The third-order valence-electron chi connectivity index (χ3n) is 3.43. The molecule has 0 saturated heterocycles. The third kappa shape index (κ3) is 4.52. The second kappa shape index (κ2) is 7.70. The highest BCUT2D eigenvalue weighted by atomic mass is 35.5. The average Bonchev–Trinajstić information content (AvgIpc) is 2.49. The van der Waals surface area contributed by atoms with Gasteiger partial charge in [-0.3, -0.25) is 4.79 Å². The van der Waals surface area contributed by atoms with Crippen LogP contribution in [0.1, 0.15) is 28.9 Å². The van der Waals surface area contributed by atoms with Crippen molar-refractivity contribution >= 4 is 35.0 Å². The van der Waals surface area contributed by atoms with Crippen LogP contribution < -0.4 is 5.32 Å². The molecule has 0 aliphatic heterocycles. The lowest BCUT2D eigenvalue weighted by molar-refractivity contribution is -0.113. The number of benzene rings is 2. The molecule has 0 aliphatic carbocycles. The Morgan fingerprint density at radius 3 is 2.55 bits per heavy atom. The van der Waals surface area contributed by atoms with Crippen molar-refractivity contribution < 1.29 is 4.79 Å². The van der Waals surface area contributed by atoms with E-state index in [2.05, 4.69) is 24.4 Å². The second-order valence-corrected chi connectivity index (χ2v) is 7.09. The average molecular weight is 334 g/mol. The SMILES string of the molecule is Cc1cc(C)c(NC(=O)CSC(C)c2ccccc2)c(Cl)c1. The Labute approximate surface area is 141 Å². The first-order valence-corrected chi connectivity index (χ1v) is 8.63. The molecule has 2 nitrogen and oxygen atoms in total. The molecule has 4 heteroatoms. The summed E-state index contributed by atoms with van der Waals surface area (Å²) in [6, 6.07) is 14.1. The number of amides is 1. The van der Waals surface area contributed by atoms with Gasteiger partial charge in [-0.2, -0.15) is 0 Å². The molecule has 1 amide bonds. The molecular weight excluding hydrogens is 314 g/mol. The Bertz CT molecular complexity index is 634. The van der Waals surface area contributed by atoms with Crippen LogP contribution in [0.3, 0.4) is 0 Å². The van der Waals surface area contributed by atoms with Gasteiger partial charge in [-0.05, 0) is 43.5 Å². The van der Waals surface area contributed by atoms with E-state index >= 15 is 0 Å². The smallest absolute Gasteiger partial charge is 0.234 e. The maximum absolute atomic E-state index is 12.1. The van der Waals surface area contributed by atoms with Crippen molar-refractivity contribution in [2.45, 2.75) is 26.0 Å². The fraction of sp³-hybridized carbons (Fsp3) is 0.278. The Kier molecular flexibility index (Phi) is 5.92. The van der Waals surface area contributed by atoms with Crippen molar-refractivity contribution in [3.8, 4) is 0 Å². The zero-order chi connectivity index (χ0) is 16.1. The van der Waals surface area contributed by atoms with E-state index in [1.807, 2.05) is 44.2 Å². The number of aryl methyl sites for hydroxylation is 2. The number of anilines is 1. The number of nitrogens with one attached hydrogen (secondary N) is 1. The predicted octanol–water partition coefficient (Wildman–Crippen LogP) is 5.39. The molecule has 0 bridgehead atoms. The molecule has 2 aromatic rings. The van der Waals surface area contributed by atoms with E-state index in [0.717, 1.165) is 11.1 Å². The first kappa shape index (κ1) is 16.9. The van der Waals surface area contributed by atoms with Crippen LogP contribution in [0.2, 0.25) is 5.02 Å². The van der Waals surface area contributed by atoms with E-state index in [-0.39, 0.29) is 11.2 Å². The summed E-state index contributed by atoms with van der Waals surface area (Å²) in [5, 5.41) is 3.79. The Balaban J connectivity index is 1.94. The fourth-order valence-corrected chi connectivity index (χ4v) is 3.46. The first-order valence-electron chi connectivity index (χ1n) is 7.20. The summed E-state index contributed by atoms with van der Waals surface area (Å²) in [5.41, 5.74) is 4.02. The van der Waals surface area contributed by atoms with Crippen molar-refractivity contribution in [3.63, 3.8) is 0 Å². The molecule has 116 valence electrons. The number of hydrogen-bond acceptors (Lipinski definition) is 2. The van der Waals surface area contributed by atoms with Crippen LogP contribution in [0.5, 0.6) is 0 Å². The largest absolute Gasteiger partial charge is 0.324 e. The Morgan fingerprint density at radius 1 is 1.23 bits per heavy atom. The summed E-state index contributed by atoms with van der Waals surface area (Å²) >= 11 is 7.83. The molecule has 0 aromatic heterocycles. The maximum atomic E-state index is 12.1. The van der Waals surface area contributed by atoms with E-state index in [9.17, 15) is 4.79 Å². The van der Waals surface area contributed by atoms with Crippen molar-refractivity contribution in [2.75, 3.05) is 11.1 Å². The molecule has 0 aliphatic rings. The molecular formula is C18H20ClNOS. The van der Waals surface area contributed by atoms with Gasteiger partial charge >= 0.3 is 0 Å². The summed E-state index contributed by atoms with van der Waals surface area (Å²) in [4.78, 5) is 12.1. The number of thioether (sulfide) groups is 1. The minimum atomic E-state index is -0.0263. The zero-order valence-corrected chi connectivity index (χ0v) is 14.6. The highest BCUT2D eigenvalue weighted by molar-refractivity contribution is 8.00. The van der Waals surface area contributed by atoms with E-state index in [0.29, 0.717) is 16.5 Å². The van der Waals surface area contributed by atoms with E-state index in [1.54, 1.807) is 11.8 Å². The maximum Gasteiger partial charge on any atom is 0.234 e. The van der Waals surface area contributed by atoms with Gasteiger partial charge in [0.05, 0.1) is 16.5 Å². The summed E-state index contributed by atoms with van der Waals surface area (Å²) < 4.78 is 0.